The Hall–Kier alpha value is -3.41. The summed E-state index contributed by atoms with van der Waals surface area (Å²) in [7, 11) is 1.71. The molecule has 0 saturated carbocycles. The Balaban J connectivity index is 1.67. The minimum absolute atomic E-state index is 0.108. The van der Waals surface area contributed by atoms with Crippen LogP contribution in [0.3, 0.4) is 0 Å². The van der Waals surface area contributed by atoms with Crippen molar-refractivity contribution in [3.63, 3.8) is 0 Å². The zero-order chi connectivity index (χ0) is 20.1. The highest BCUT2D eigenvalue weighted by molar-refractivity contribution is 6.16. The lowest BCUT2D eigenvalue weighted by Gasteiger charge is -2.40. The van der Waals surface area contributed by atoms with Crippen LogP contribution in [0.1, 0.15) is 28.8 Å². The molecular weight excluding hydrogens is 366 g/mol. The smallest absolute Gasteiger partial charge is 0.260 e. The van der Waals surface area contributed by atoms with Gasteiger partial charge in [0.25, 0.3) is 5.91 Å². The summed E-state index contributed by atoms with van der Waals surface area (Å²) in [6, 6.07) is 16.7. The molecule has 1 unspecified atom stereocenters. The van der Waals surface area contributed by atoms with Crippen molar-refractivity contribution in [3.8, 4) is 0 Å². The Kier molecular flexibility index (Phi) is 4.01. The van der Waals surface area contributed by atoms with Crippen molar-refractivity contribution in [1.29, 1.82) is 0 Å². The molecule has 0 spiro atoms. The van der Waals surface area contributed by atoms with Gasteiger partial charge in [-0.25, -0.2) is 0 Å². The molecule has 0 bridgehead atoms. The molecule has 3 amide bonds. The molecule has 0 aliphatic carbocycles. The van der Waals surface area contributed by atoms with Crippen molar-refractivity contribution in [2.45, 2.75) is 19.3 Å². The normalized spacial score (nSPS) is 21.2. The lowest BCUT2D eigenvalue weighted by atomic mass is 9.93. The Morgan fingerprint density at radius 1 is 0.931 bits per heavy atom. The number of nitrogens with zero attached hydrogens (tertiary/aromatic N) is 3. The third-order valence-corrected chi connectivity index (χ3v) is 5.96. The van der Waals surface area contributed by atoms with Crippen LogP contribution in [0.25, 0.3) is 0 Å². The summed E-state index contributed by atoms with van der Waals surface area (Å²) in [5, 5.41) is 0. The zero-order valence-corrected chi connectivity index (χ0v) is 16.2. The molecule has 1 atom stereocenters. The fraction of sp³-hybridized carbons (Fsp3) is 0.261. The number of anilines is 1. The number of carbonyl (C=O) groups is 3. The largest absolute Gasteiger partial charge is 0.308 e. The topological polar surface area (TPSA) is 60.9 Å². The molecule has 2 aromatic rings. The first-order valence-electron chi connectivity index (χ1n) is 9.87. The highest BCUT2D eigenvalue weighted by Crippen LogP contribution is 2.41. The number of amides is 3. The van der Waals surface area contributed by atoms with E-state index in [2.05, 4.69) is 0 Å². The minimum Gasteiger partial charge on any atom is -0.308 e. The lowest BCUT2D eigenvalue weighted by molar-refractivity contribution is -0.141. The molecule has 3 heterocycles. The van der Waals surface area contributed by atoms with Gasteiger partial charge in [-0.2, -0.15) is 0 Å². The van der Waals surface area contributed by atoms with Crippen LogP contribution in [0.5, 0.6) is 0 Å². The standard InChI is InChI=1S/C23H21N3O3/c1-24-20-19-12-7-13-25(19)22(28)16-10-5-6-11-18(16)26(20)23(29)17(21(24)27)14-15-8-3-2-4-9-15/h2-6,8-11,17H,7,12-14H2,1H3. The van der Waals surface area contributed by atoms with Gasteiger partial charge in [0.05, 0.1) is 16.9 Å². The summed E-state index contributed by atoms with van der Waals surface area (Å²) < 4.78 is 0. The number of carbonyl (C=O) groups excluding carboxylic acids is 3. The van der Waals surface area contributed by atoms with E-state index < -0.39 is 5.92 Å². The maximum Gasteiger partial charge on any atom is 0.260 e. The second kappa shape index (κ2) is 6.58. The average molecular weight is 387 g/mol. The third-order valence-electron chi connectivity index (χ3n) is 5.96. The molecular formula is C23H21N3O3. The molecule has 5 rings (SSSR count). The summed E-state index contributed by atoms with van der Waals surface area (Å²) in [5.74, 6) is -0.893. The Morgan fingerprint density at radius 3 is 2.45 bits per heavy atom. The van der Waals surface area contributed by atoms with Gasteiger partial charge in [0.2, 0.25) is 11.8 Å². The van der Waals surface area contributed by atoms with Crippen LogP contribution in [0.2, 0.25) is 0 Å². The first kappa shape index (κ1) is 17.7. The molecule has 2 aromatic carbocycles. The van der Waals surface area contributed by atoms with Crippen molar-refractivity contribution in [2.75, 3.05) is 18.5 Å². The SMILES string of the molecule is CN1C(=O)C(Cc2ccccc2)C(=O)N2C1=C1CCCN1C(=O)c1ccccc12. The zero-order valence-electron chi connectivity index (χ0n) is 16.2. The van der Waals surface area contributed by atoms with Crippen LogP contribution in [0, 0.1) is 5.92 Å². The van der Waals surface area contributed by atoms with Crippen LogP contribution in [0.15, 0.2) is 66.1 Å². The molecule has 146 valence electrons. The first-order chi connectivity index (χ1) is 14.1. The maximum atomic E-state index is 13.6. The van der Waals surface area contributed by atoms with E-state index in [1.165, 1.54) is 0 Å². The number of benzene rings is 2. The summed E-state index contributed by atoms with van der Waals surface area (Å²) >= 11 is 0. The molecule has 6 nitrogen and oxygen atoms in total. The predicted octanol–water partition coefficient (Wildman–Crippen LogP) is 2.77. The second-order valence-corrected chi connectivity index (χ2v) is 7.66. The molecule has 3 aliphatic rings. The Bertz CT molecular complexity index is 1060. The molecule has 29 heavy (non-hydrogen) atoms. The van der Waals surface area contributed by atoms with E-state index in [4.69, 9.17) is 0 Å². The van der Waals surface area contributed by atoms with Gasteiger partial charge < -0.3 is 4.90 Å². The highest BCUT2D eigenvalue weighted by atomic mass is 16.2. The molecule has 0 aromatic heterocycles. The predicted molar refractivity (Wildman–Crippen MR) is 108 cm³/mol. The van der Waals surface area contributed by atoms with Crippen LogP contribution in [-0.2, 0) is 16.0 Å². The Morgan fingerprint density at radius 2 is 1.66 bits per heavy atom. The number of hydrogen-bond acceptors (Lipinski definition) is 3. The number of rotatable bonds is 2. The molecule has 0 radical (unpaired) electrons. The summed E-state index contributed by atoms with van der Waals surface area (Å²) in [5.41, 5.74) is 2.74. The van der Waals surface area contributed by atoms with Crippen LogP contribution < -0.4 is 4.90 Å². The number of hydrogen-bond donors (Lipinski definition) is 0. The quantitative estimate of drug-likeness (QED) is 0.745. The van der Waals surface area contributed by atoms with Crippen molar-refractivity contribution in [2.24, 2.45) is 5.92 Å². The number of para-hydroxylation sites is 1. The van der Waals surface area contributed by atoms with Gasteiger partial charge in [0, 0.05) is 13.6 Å². The minimum atomic E-state index is -0.817. The fourth-order valence-corrected chi connectivity index (χ4v) is 4.56. The first-order valence-corrected chi connectivity index (χ1v) is 9.87. The van der Waals surface area contributed by atoms with E-state index >= 15 is 0 Å². The second-order valence-electron chi connectivity index (χ2n) is 7.66. The maximum absolute atomic E-state index is 13.6. The molecule has 2 saturated heterocycles. The Labute approximate surface area is 169 Å². The van der Waals surface area contributed by atoms with Gasteiger partial charge in [-0.1, -0.05) is 42.5 Å². The van der Waals surface area contributed by atoms with Gasteiger partial charge in [0.15, 0.2) is 0 Å². The molecule has 6 heteroatoms. The van der Waals surface area contributed by atoms with Gasteiger partial charge in [-0.15, -0.1) is 0 Å². The van der Waals surface area contributed by atoms with Crippen molar-refractivity contribution >= 4 is 23.4 Å². The van der Waals surface area contributed by atoms with Gasteiger partial charge in [-0.05, 0) is 37.0 Å². The monoisotopic (exact) mass is 387 g/mol. The van der Waals surface area contributed by atoms with Crippen LogP contribution in [0.4, 0.5) is 5.69 Å². The van der Waals surface area contributed by atoms with Gasteiger partial charge >= 0.3 is 0 Å². The van der Waals surface area contributed by atoms with E-state index in [1.807, 2.05) is 42.5 Å². The van der Waals surface area contributed by atoms with Gasteiger partial charge in [0.1, 0.15) is 11.7 Å². The summed E-state index contributed by atoms with van der Waals surface area (Å²) in [6.45, 7) is 0.601. The fourth-order valence-electron chi connectivity index (χ4n) is 4.56. The number of fused-ring (bicyclic) bond motifs is 4. The van der Waals surface area contributed by atoms with Crippen molar-refractivity contribution in [1.82, 2.24) is 9.80 Å². The summed E-state index contributed by atoms with van der Waals surface area (Å²) in [4.78, 5) is 44.9. The van der Waals surface area contributed by atoms with Crippen molar-refractivity contribution in [3.05, 3.63) is 77.2 Å². The molecule has 2 fully saturated rings. The third kappa shape index (κ3) is 2.59. The van der Waals surface area contributed by atoms with Crippen molar-refractivity contribution < 1.29 is 14.4 Å². The van der Waals surface area contributed by atoms with E-state index in [9.17, 15) is 14.4 Å². The van der Waals surface area contributed by atoms with E-state index in [0.29, 0.717) is 36.5 Å². The summed E-state index contributed by atoms with van der Waals surface area (Å²) in [6.07, 6.45) is 1.83. The van der Waals surface area contributed by atoms with E-state index in [-0.39, 0.29) is 17.7 Å². The molecule has 3 aliphatic heterocycles. The average Bonchev–Trinajstić information content (AvgIpc) is 3.20. The van der Waals surface area contributed by atoms with Crippen LogP contribution in [-0.4, -0.2) is 41.1 Å². The lowest BCUT2D eigenvalue weighted by Crippen LogP contribution is -2.55. The van der Waals surface area contributed by atoms with Crippen LogP contribution >= 0.6 is 0 Å². The number of allylic oxidation sites excluding steroid dienone is 1. The van der Waals surface area contributed by atoms with Gasteiger partial charge in [-0.3, -0.25) is 24.2 Å². The van der Waals surface area contributed by atoms with E-state index in [0.717, 1.165) is 17.7 Å². The highest BCUT2D eigenvalue weighted by Gasteiger charge is 2.48. The van der Waals surface area contributed by atoms with E-state index in [1.54, 1.807) is 33.9 Å². The molecule has 0 N–H and O–H groups in total.